The number of urea groups is 1. The van der Waals surface area contributed by atoms with E-state index in [1.54, 1.807) is 31.4 Å². The lowest BCUT2D eigenvalue weighted by Gasteiger charge is -2.09. The fourth-order valence-electron chi connectivity index (χ4n) is 3.67. The number of ether oxygens (including phenoxy) is 1. The van der Waals surface area contributed by atoms with E-state index in [2.05, 4.69) is 25.8 Å². The minimum atomic E-state index is -0.312. The molecule has 3 amide bonds. The minimum absolute atomic E-state index is 0.236. The SMILES string of the molecule is COc1cccc(C(=O)Nc2cccc(-c3csc(-c4sc(NC(=O)NCCCCN(C)C)nc4N)n3)c2)c1. The van der Waals surface area contributed by atoms with Crippen LogP contribution in [0.3, 0.4) is 0 Å². The molecule has 0 radical (unpaired) electrons. The largest absolute Gasteiger partial charge is 0.497 e. The number of nitrogen functional groups attached to an aromatic ring is 1. The second kappa shape index (κ2) is 13.2. The number of amides is 3. The van der Waals surface area contributed by atoms with E-state index in [0.29, 0.717) is 44.4 Å². The van der Waals surface area contributed by atoms with Gasteiger partial charge in [0, 0.05) is 28.7 Å². The Morgan fingerprint density at radius 1 is 1.05 bits per heavy atom. The Hall–Kier alpha value is -4.00. The van der Waals surface area contributed by atoms with Gasteiger partial charge >= 0.3 is 6.03 Å². The fraction of sp³-hybridized carbons (Fsp3) is 0.259. The van der Waals surface area contributed by atoms with E-state index < -0.39 is 0 Å². The summed E-state index contributed by atoms with van der Waals surface area (Å²) in [5, 5.41) is 11.5. The number of unbranched alkanes of at least 4 members (excludes halogenated alkanes) is 1. The highest BCUT2D eigenvalue weighted by atomic mass is 32.1. The van der Waals surface area contributed by atoms with Crippen LogP contribution in [0.4, 0.5) is 21.4 Å². The standard InChI is InChI=1S/C27H31N7O3S2/c1-34(2)13-5-4-12-29-26(36)33-27-32-23(28)22(39-27)25-31-21(16-38-25)17-8-6-10-19(14-17)30-24(35)18-9-7-11-20(15-18)37-3/h6-11,14-16H,4-5,12-13,28H2,1-3H3,(H,30,35)(H2,29,32,33,36). The molecule has 5 N–H and O–H groups in total. The summed E-state index contributed by atoms with van der Waals surface area (Å²) >= 11 is 2.71. The van der Waals surface area contributed by atoms with Gasteiger partial charge in [0.2, 0.25) is 0 Å². The average molecular weight is 566 g/mol. The number of anilines is 3. The molecule has 0 fully saturated rings. The molecule has 0 spiro atoms. The van der Waals surface area contributed by atoms with Crippen LogP contribution in [0.2, 0.25) is 0 Å². The lowest BCUT2D eigenvalue weighted by molar-refractivity contribution is 0.102. The first-order chi connectivity index (χ1) is 18.8. The lowest BCUT2D eigenvalue weighted by atomic mass is 10.1. The Morgan fingerprint density at radius 2 is 1.87 bits per heavy atom. The Labute approximate surface area is 235 Å². The maximum Gasteiger partial charge on any atom is 0.321 e. The van der Waals surface area contributed by atoms with E-state index in [4.69, 9.17) is 15.5 Å². The zero-order valence-electron chi connectivity index (χ0n) is 22.0. The van der Waals surface area contributed by atoms with Crippen molar-refractivity contribution in [2.45, 2.75) is 12.8 Å². The molecule has 2 aromatic carbocycles. The van der Waals surface area contributed by atoms with Crippen molar-refractivity contribution in [3.63, 3.8) is 0 Å². The third kappa shape index (κ3) is 7.76. The lowest BCUT2D eigenvalue weighted by Crippen LogP contribution is -2.29. The highest BCUT2D eigenvalue weighted by Gasteiger charge is 2.17. The minimum Gasteiger partial charge on any atom is -0.497 e. The van der Waals surface area contributed by atoms with Crippen molar-refractivity contribution >= 4 is 51.2 Å². The van der Waals surface area contributed by atoms with Crippen LogP contribution in [-0.2, 0) is 0 Å². The molecule has 2 heterocycles. The predicted molar refractivity (Wildman–Crippen MR) is 159 cm³/mol. The monoisotopic (exact) mass is 565 g/mol. The second-order valence-corrected chi connectivity index (χ2v) is 10.8. The van der Waals surface area contributed by atoms with E-state index in [9.17, 15) is 9.59 Å². The van der Waals surface area contributed by atoms with Gasteiger partial charge in [-0.05, 0) is 63.8 Å². The number of rotatable bonds is 11. The summed E-state index contributed by atoms with van der Waals surface area (Å²) in [4.78, 5) is 36.8. The van der Waals surface area contributed by atoms with Gasteiger partial charge in [-0.2, -0.15) is 0 Å². The molecular formula is C27H31N7O3S2. The Balaban J connectivity index is 1.39. The average Bonchev–Trinajstić information content (AvgIpc) is 3.55. The van der Waals surface area contributed by atoms with Crippen LogP contribution in [-0.4, -0.2) is 61.1 Å². The highest BCUT2D eigenvalue weighted by Crippen LogP contribution is 2.38. The van der Waals surface area contributed by atoms with Crippen molar-refractivity contribution < 1.29 is 14.3 Å². The van der Waals surface area contributed by atoms with Crippen molar-refractivity contribution in [2.24, 2.45) is 0 Å². The van der Waals surface area contributed by atoms with Crippen molar-refractivity contribution in [2.75, 3.05) is 50.7 Å². The van der Waals surface area contributed by atoms with Crippen molar-refractivity contribution in [3.8, 4) is 26.9 Å². The summed E-state index contributed by atoms with van der Waals surface area (Å²) in [6.45, 7) is 1.57. The van der Waals surface area contributed by atoms with E-state index in [1.165, 1.54) is 22.7 Å². The normalized spacial score (nSPS) is 10.9. The fourth-order valence-corrected chi connectivity index (χ4v) is 5.48. The number of aromatic nitrogens is 2. The van der Waals surface area contributed by atoms with Crippen LogP contribution >= 0.6 is 22.7 Å². The first kappa shape index (κ1) is 28.0. The zero-order valence-corrected chi connectivity index (χ0v) is 23.6. The molecule has 4 aromatic rings. The topological polar surface area (TPSA) is 134 Å². The molecule has 4 rings (SSSR count). The van der Waals surface area contributed by atoms with Crippen molar-refractivity contribution in [1.29, 1.82) is 0 Å². The first-order valence-electron chi connectivity index (χ1n) is 12.3. The van der Waals surface area contributed by atoms with Crippen LogP contribution < -0.4 is 26.4 Å². The van der Waals surface area contributed by atoms with Crippen LogP contribution in [0.25, 0.3) is 21.1 Å². The molecule has 39 heavy (non-hydrogen) atoms. The highest BCUT2D eigenvalue weighted by molar-refractivity contribution is 7.23. The summed E-state index contributed by atoms with van der Waals surface area (Å²) in [7, 11) is 5.61. The van der Waals surface area contributed by atoms with Gasteiger partial charge in [0.25, 0.3) is 5.91 Å². The number of hydrogen-bond acceptors (Lipinski definition) is 9. The number of carbonyl (C=O) groups is 2. The number of methoxy groups -OCH3 is 1. The van der Waals surface area contributed by atoms with E-state index in [0.717, 1.165) is 30.6 Å². The van der Waals surface area contributed by atoms with Gasteiger partial charge in [0.1, 0.15) is 21.5 Å². The Bertz CT molecular complexity index is 1430. The molecule has 0 saturated carbocycles. The van der Waals surface area contributed by atoms with E-state index in [-0.39, 0.29) is 11.9 Å². The van der Waals surface area contributed by atoms with E-state index >= 15 is 0 Å². The van der Waals surface area contributed by atoms with E-state index in [1.807, 2.05) is 43.7 Å². The molecule has 12 heteroatoms. The van der Waals surface area contributed by atoms with Crippen LogP contribution in [0, 0.1) is 0 Å². The number of nitrogens with zero attached hydrogens (tertiary/aromatic N) is 3. The summed E-state index contributed by atoms with van der Waals surface area (Å²) in [5.41, 5.74) is 8.88. The molecule has 0 aliphatic rings. The Morgan fingerprint density at radius 3 is 2.67 bits per heavy atom. The molecule has 204 valence electrons. The maximum absolute atomic E-state index is 12.7. The molecule has 10 nitrogen and oxygen atoms in total. The van der Waals surface area contributed by atoms with Gasteiger partial charge in [-0.1, -0.05) is 29.5 Å². The molecule has 0 bridgehead atoms. The van der Waals surface area contributed by atoms with Crippen molar-refractivity contribution in [1.82, 2.24) is 20.2 Å². The first-order valence-corrected chi connectivity index (χ1v) is 14.0. The summed E-state index contributed by atoms with van der Waals surface area (Å²) in [6.07, 6.45) is 1.90. The molecule has 0 unspecified atom stereocenters. The number of nitrogens with one attached hydrogen (secondary N) is 3. The summed E-state index contributed by atoms with van der Waals surface area (Å²) in [6, 6.07) is 14.1. The number of carbonyl (C=O) groups excluding carboxylic acids is 2. The number of benzene rings is 2. The molecule has 0 aliphatic heterocycles. The summed E-state index contributed by atoms with van der Waals surface area (Å²) in [5.74, 6) is 0.685. The van der Waals surface area contributed by atoms with Gasteiger partial charge in [-0.15, -0.1) is 11.3 Å². The number of thiazole rings is 2. The van der Waals surface area contributed by atoms with Crippen LogP contribution in [0.5, 0.6) is 5.75 Å². The van der Waals surface area contributed by atoms with Gasteiger partial charge in [0.15, 0.2) is 5.13 Å². The van der Waals surface area contributed by atoms with Gasteiger partial charge in [-0.25, -0.2) is 14.8 Å². The quantitative estimate of drug-likeness (QED) is 0.183. The molecule has 2 aromatic heterocycles. The third-order valence-corrected chi connectivity index (χ3v) is 7.62. The molecular weight excluding hydrogens is 534 g/mol. The number of nitrogens with two attached hydrogens (primary N) is 1. The smallest absolute Gasteiger partial charge is 0.321 e. The molecule has 0 aliphatic carbocycles. The zero-order chi connectivity index (χ0) is 27.8. The molecule has 0 saturated heterocycles. The third-order valence-electron chi connectivity index (χ3n) is 5.64. The van der Waals surface area contributed by atoms with Gasteiger partial charge in [-0.3, -0.25) is 10.1 Å². The van der Waals surface area contributed by atoms with Crippen LogP contribution in [0.1, 0.15) is 23.2 Å². The Kier molecular flexibility index (Phi) is 9.47. The second-order valence-electron chi connectivity index (χ2n) is 8.93. The van der Waals surface area contributed by atoms with Crippen LogP contribution in [0.15, 0.2) is 53.9 Å². The van der Waals surface area contributed by atoms with Gasteiger partial charge in [0.05, 0.1) is 12.8 Å². The number of hydrogen-bond donors (Lipinski definition) is 4. The van der Waals surface area contributed by atoms with Crippen molar-refractivity contribution in [3.05, 3.63) is 59.5 Å². The predicted octanol–water partition coefficient (Wildman–Crippen LogP) is 5.24. The summed E-state index contributed by atoms with van der Waals surface area (Å²) < 4.78 is 5.21. The molecule has 0 atom stereocenters. The van der Waals surface area contributed by atoms with Gasteiger partial charge < -0.3 is 26.0 Å². The maximum atomic E-state index is 12.7.